The lowest BCUT2D eigenvalue weighted by molar-refractivity contribution is -0.172. The third kappa shape index (κ3) is 4.19. The number of carbonyl (C=O) groups is 2. The average molecular weight is 418 g/mol. The van der Waals surface area contributed by atoms with Crippen LogP contribution in [0.1, 0.15) is 60.1 Å². The number of hydrogen-bond acceptors (Lipinski definition) is 4. The molecule has 1 fully saturated rings. The van der Waals surface area contributed by atoms with Crippen LogP contribution < -0.4 is 4.74 Å². The zero-order chi connectivity index (χ0) is 21.9. The highest BCUT2D eigenvalue weighted by molar-refractivity contribution is 6.77. The van der Waals surface area contributed by atoms with Crippen molar-refractivity contribution in [2.24, 2.45) is 0 Å². The topological polar surface area (TPSA) is 55.8 Å². The van der Waals surface area contributed by atoms with E-state index in [9.17, 15) is 9.59 Å². The van der Waals surface area contributed by atoms with Crippen molar-refractivity contribution >= 4 is 20.1 Å². The number of hydrogen-bond donors (Lipinski definition) is 0. The second-order valence-electron chi connectivity index (χ2n) is 8.67. The predicted molar refractivity (Wildman–Crippen MR) is 118 cm³/mol. The van der Waals surface area contributed by atoms with E-state index in [0.29, 0.717) is 29.0 Å². The summed E-state index contributed by atoms with van der Waals surface area (Å²) in [5, 5.41) is 0. The Morgan fingerprint density at radius 1 is 1.14 bits per heavy atom. The molecule has 0 radical (unpaired) electrons. The van der Waals surface area contributed by atoms with Gasteiger partial charge in [0.25, 0.3) is 5.91 Å². The largest absolute Gasteiger partial charge is 0.489 e. The van der Waals surface area contributed by atoms with Gasteiger partial charge in [-0.3, -0.25) is 14.5 Å². The number of benzene rings is 1. The Labute approximate surface area is 176 Å². The number of ether oxygens (including phenoxy) is 1. The number of β-lactam (4-membered cyclic amide) rings is 1. The molecule has 1 saturated heterocycles. The third-order valence-corrected chi connectivity index (χ3v) is 12.1. The quantitative estimate of drug-likeness (QED) is 0.313. The molecule has 0 spiro atoms. The first kappa shape index (κ1) is 23.4. The molecule has 2 rings (SSSR count). The molecule has 0 N–H and O–H groups in total. The molecule has 160 valence electrons. The highest BCUT2D eigenvalue weighted by Gasteiger charge is 2.57. The average Bonchev–Trinajstić information content (AvgIpc) is 2.63. The maximum absolute atomic E-state index is 13.0. The first-order valence-electron chi connectivity index (χ1n) is 10.4. The van der Waals surface area contributed by atoms with Crippen LogP contribution in [-0.4, -0.2) is 37.7 Å². The van der Waals surface area contributed by atoms with Crippen molar-refractivity contribution in [1.82, 2.24) is 4.90 Å². The standard InChI is InChI=1S/C23H35NO4Si/c1-9-14-27-20-13-11-10-12-19(20)21-22(23(26)24(21)18(8)25)28-29(15(2)3,16(4)5)17(6)7/h9-13,15-17,21-22H,1,14H2,2-8H3/t21-,22+/m0/s1. The van der Waals surface area contributed by atoms with Crippen molar-refractivity contribution in [3.05, 3.63) is 42.5 Å². The van der Waals surface area contributed by atoms with Crippen LogP contribution in [0, 0.1) is 0 Å². The molecule has 1 aliphatic heterocycles. The van der Waals surface area contributed by atoms with Crippen LogP contribution >= 0.6 is 0 Å². The summed E-state index contributed by atoms with van der Waals surface area (Å²) in [5.74, 6) is 0.125. The van der Waals surface area contributed by atoms with E-state index in [1.165, 1.54) is 11.8 Å². The highest BCUT2D eigenvalue weighted by atomic mass is 28.4. The second kappa shape index (κ2) is 9.26. The van der Waals surface area contributed by atoms with Crippen LogP contribution in [0.4, 0.5) is 0 Å². The Kier molecular flexibility index (Phi) is 7.46. The first-order chi connectivity index (χ1) is 13.6. The van der Waals surface area contributed by atoms with Gasteiger partial charge in [-0.1, -0.05) is 72.4 Å². The molecule has 2 amide bonds. The first-order valence-corrected chi connectivity index (χ1v) is 12.6. The van der Waals surface area contributed by atoms with Crippen LogP contribution in [0.2, 0.25) is 16.6 Å². The van der Waals surface area contributed by atoms with Crippen molar-refractivity contribution in [3.63, 3.8) is 0 Å². The van der Waals surface area contributed by atoms with Gasteiger partial charge in [-0.15, -0.1) is 0 Å². The van der Waals surface area contributed by atoms with Gasteiger partial charge < -0.3 is 9.16 Å². The van der Waals surface area contributed by atoms with E-state index in [4.69, 9.17) is 9.16 Å². The van der Waals surface area contributed by atoms with Crippen LogP contribution in [0.3, 0.4) is 0 Å². The SMILES string of the molecule is C=CCOc1ccccc1[C@H]1[C@@H](O[Si](C(C)C)(C(C)C)C(C)C)C(=O)N1C(C)=O. The van der Waals surface area contributed by atoms with Crippen molar-refractivity contribution in [3.8, 4) is 5.75 Å². The van der Waals surface area contributed by atoms with Gasteiger partial charge in [0.05, 0.1) is 0 Å². The monoisotopic (exact) mass is 417 g/mol. The lowest BCUT2D eigenvalue weighted by atomic mass is 9.90. The highest BCUT2D eigenvalue weighted by Crippen LogP contribution is 2.48. The molecular formula is C23H35NO4Si. The number of nitrogens with zero attached hydrogens (tertiary/aromatic N) is 1. The van der Waals surface area contributed by atoms with E-state index < -0.39 is 20.5 Å². The van der Waals surface area contributed by atoms with E-state index in [2.05, 4.69) is 48.1 Å². The summed E-state index contributed by atoms with van der Waals surface area (Å²) >= 11 is 0. The maximum atomic E-state index is 13.0. The molecule has 0 bridgehead atoms. The van der Waals surface area contributed by atoms with Crippen LogP contribution in [0.15, 0.2) is 36.9 Å². The number of imide groups is 1. The molecule has 1 heterocycles. The number of carbonyl (C=O) groups excluding carboxylic acids is 2. The van der Waals surface area contributed by atoms with Crippen molar-refractivity contribution in [2.75, 3.05) is 6.61 Å². The Morgan fingerprint density at radius 3 is 2.17 bits per heavy atom. The number of para-hydroxylation sites is 1. The molecule has 0 saturated carbocycles. The minimum absolute atomic E-state index is 0.250. The smallest absolute Gasteiger partial charge is 0.260 e. The molecule has 2 atom stereocenters. The Balaban J connectivity index is 2.50. The van der Waals surface area contributed by atoms with Crippen LogP contribution in [0.5, 0.6) is 5.75 Å². The van der Waals surface area contributed by atoms with E-state index in [0.717, 1.165) is 5.56 Å². The van der Waals surface area contributed by atoms with Gasteiger partial charge in [-0.25, -0.2) is 0 Å². The Bertz CT molecular complexity index is 737. The molecule has 5 nitrogen and oxygen atoms in total. The molecule has 1 aromatic carbocycles. The minimum Gasteiger partial charge on any atom is -0.489 e. The summed E-state index contributed by atoms with van der Waals surface area (Å²) in [6.45, 7) is 18.6. The van der Waals surface area contributed by atoms with Crippen molar-refractivity contribution in [1.29, 1.82) is 0 Å². The zero-order valence-electron chi connectivity index (χ0n) is 18.8. The fourth-order valence-electron chi connectivity index (χ4n) is 4.86. The molecule has 1 aromatic rings. The van der Waals surface area contributed by atoms with Crippen LogP contribution in [-0.2, 0) is 14.0 Å². The second-order valence-corrected chi connectivity index (χ2v) is 14.1. The zero-order valence-corrected chi connectivity index (χ0v) is 19.8. The lowest BCUT2D eigenvalue weighted by Gasteiger charge is -2.52. The molecule has 0 unspecified atom stereocenters. The summed E-state index contributed by atoms with van der Waals surface area (Å²) in [6.07, 6.45) is 1.01. The summed E-state index contributed by atoms with van der Waals surface area (Å²) < 4.78 is 12.6. The van der Waals surface area contributed by atoms with E-state index in [-0.39, 0.29) is 11.8 Å². The Hall–Kier alpha value is -1.92. The molecule has 1 aliphatic rings. The summed E-state index contributed by atoms with van der Waals surface area (Å²) in [6, 6.07) is 7.07. The summed E-state index contributed by atoms with van der Waals surface area (Å²) in [5.41, 5.74) is 1.83. The fourth-order valence-corrected chi connectivity index (χ4v) is 10.3. The maximum Gasteiger partial charge on any atom is 0.260 e. The molecular weight excluding hydrogens is 382 g/mol. The molecule has 29 heavy (non-hydrogen) atoms. The normalized spacial score (nSPS) is 19.7. The number of likely N-dealkylation sites (tertiary alicyclic amines) is 1. The predicted octanol–water partition coefficient (Wildman–Crippen LogP) is 5.24. The number of amides is 2. The fraction of sp³-hybridized carbons (Fsp3) is 0.565. The van der Waals surface area contributed by atoms with Gasteiger partial charge in [0.15, 0.2) is 6.10 Å². The van der Waals surface area contributed by atoms with Gasteiger partial charge in [0.2, 0.25) is 14.2 Å². The summed E-state index contributed by atoms with van der Waals surface area (Å²) in [4.78, 5) is 26.6. The van der Waals surface area contributed by atoms with Gasteiger partial charge in [-0.2, -0.15) is 0 Å². The van der Waals surface area contributed by atoms with Crippen molar-refractivity contribution in [2.45, 2.75) is 77.2 Å². The van der Waals surface area contributed by atoms with Crippen molar-refractivity contribution < 1.29 is 18.8 Å². The van der Waals surface area contributed by atoms with Gasteiger partial charge >= 0.3 is 0 Å². The van der Waals surface area contributed by atoms with Gasteiger partial charge in [0.1, 0.15) is 18.4 Å². The van der Waals surface area contributed by atoms with Gasteiger partial charge in [0, 0.05) is 12.5 Å². The van der Waals surface area contributed by atoms with E-state index in [1.807, 2.05) is 24.3 Å². The lowest BCUT2D eigenvalue weighted by Crippen LogP contribution is -2.65. The Morgan fingerprint density at radius 2 is 1.69 bits per heavy atom. The molecule has 0 aliphatic carbocycles. The van der Waals surface area contributed by atoms with Crippen LogP contribution in [0.25, 0.3) is 0 Å². The van der Waals surface area contributed by atoms with Gasteiger partial charge in [-0.05, 0) is 22.7 Å². The van der Waals surface area contributed by atoms with E-state index in [1.54, 1.807) is 6.08 Å². The molecule has 0 aromatic heterocycles. The third-order valence-electron chi connectivity index (χ3n) is 6.02. The molecule has 6 heteroatoms. The number of rotatable bonds is 9. The minimum atomic E-state index is -2.30. The van der Waals surface area contributed by atoms with E-state index >= 15 is 0 Å². The summed E-state index contributed by atoms with van der Waals surface area (Å²) in [7, 11) is -2.30.